The first-order valence-electron chi connectivity index (χ1n) is 6.71. The second-order valence-corrected chi connectivity index (χ2v) is 4.73. The van der Waals surface area contributed by atoms with Crippen LogP contribution in [-0.4, -0.2) is 17.7 Å². The third-order valence-electron chi connectivity index (χ3n) is 3.08. The molecule has 0 unspecified atom stereocenters. The van der Waals surface area contributed by atoms with Crippen molar-refractivity contribution >= 4 is 17.7 Å². The van der Waals surface area contributed by atoms with Crippen LogP contribution in [0.3, 0.4) is 0 Å². The molecule has 0 aromatic carbocycles. The summed E-state index contributed by atoms with van der Waals surface area (Å²) in [7, 11) is 0. The number of carbonyl (C=O) groups is 3. The molecule has 7 nitrogen and oxygen atoms in total. The lowest BCUT2D eigenvalue weighted by molar-refractivity contribution is -0.141. The summed E-state index contributed by atoms with van der Waals surface area (Å²) in [4.78, 5) is 34.5. The molecule has 1 aliphatic rings. The van der Waals surface area contributed by atoms with Crippen molar-refractivity contribution in [3.8, 4) is 0 Å². The number of carbonyl (C=O) groups excluding carboxylic acids is 3. The van der Waals surface area contributed by atoms with Crippen LogP contribution in [0, 0.1) is 5.92 Å². The minimum absolute atomic E-state index is 0.111. The first-order chi connectivity index (χ1) is 10.1. The van der Waals surface area contributed by atoms with Crippen molar-refractivity contribution in [3.63, 3.8) is 0 Å². The zero-order valence-electron chi connectivity index (χ0n) is 11.4. The molecule has 112 valence electrons. The summed E-state index contributed by atoms with van der Waals surface area (Å²) in [6, 6.07) is 3.36. The fourth-order valence-electron chi connectivity index (χ4n) is 2.00. The van der Waals surface area contributed by atoms with Crippen LogP contribution in [0.2, 0.25) is 0 Å². The molecule has 2 rings (SSSR count). The average Bonchev–Trinajstić information content (AvgIpc) is 3.15. The number of amides is 3. The molecule has 1 atom stereocenters. The molecule has 3 N–H and O–H groups in total. The van der Waals surface area contributed by atoms with Crippen molar-refractivity contribution < 1.29 is 18.8 Å². The second kappa shape index (κ2) is 7.28. The molecule has 0 saturated heterocycles. The van der Waals surface area contributed by atoms with Gasteiger partial charge in [0.2, 0.25) is 5.91 Å². The summed E-state index contributed by atoms with van der Waals surface area (Å²) in [6.07, 6.45) is 7.69. The summed E-state index contributed by atoms with van der Waals surface area (Å²) in [5.74, 6) is -1.34. The van der Waals surface area contributed by atoms with E-state index in [1.807, 2.05) is 12.2 Å². The summed E-state index contributed by atoms with van der Waals surface area (Å²) < 4.78 is 5.01. The highest BCUT2D eigenvalue weighted by atomic mass is 16.3. The molecule has 1 aliphatic carbocycles. The SMILES string of the molecule is O=C(C[C@H]1C=CCC1)NNC(=O)C(=O)NCc1ccco1. The van der Waals surface area contributed by atoms with Gasteiger partial charge in [0, 0.05) is 6.42 Å². The zero-order chi connectivity index (χ0) is 15.1. The minimum Gasteiger partial charge on any atom is -0.467 e. The molecule has 0 bridgehead atoms. The van der Waals surface area contributed by atoms with Gasteiger partial charge in [-0.15, -0.1) is 0 Å². The Bertz CT molecular complexity index is 536. The Hall–Kier alpha value is -2.57. The van der Waals surface area contributed by atoms with E-state index >= 15 is 0 Å². The number of hydrogen-bond acceptors (Lipinski definition) is 4. The monoisotopic (exact) mass is 291 g/mol. The highest BCUT2D eigenvalue weighted by molar-refractivity contribution is 6.35. The summed E-state index contributed by atoms with van der Waals surface area (Å²) >= 11 is 0. The number of hydrazine groups is 1. The van der Waals surface area contributed by atoms with Crippen molar-refractivity contribution in [2.75, 3.05) is 0 Å². The lowest BCUT2D eigenvalue weighted by Gasteiger charge is -2.09. The fourth-order valence-corrected chi connectivity index (χ4v) is 2.00. The van der Waals surface area contributed by atoms with E-state index in [4.69, 9.17) is 4.42 Å². The summed E-state index contributed by atoms with van der Waals surface area (Å²) in [5.41, 5.74) is 4.31. The van der Waals surface area contributed by atoms with Gasteiger partial charge in [-0.2, -0.15) is 0 Å². The zero-order valence-corrected chi connectivity index (χ0v) is 11.4. The highest BCUT2D eigenvalue weighted by Gasteiger charge is 2.17. The van der Waals surface area contributed by atoms with Crippen molar-refractivity contribution in [1.82, 2.24) is 16.2 Å². The Labute approximate surface area is 121 Å². The van der Waals surface area contributed by atoms with Gasteiger partial charge in [-0.3, -0.25) is 25.2 Å². The van der Waals surface area contributed by atoms with Gasteiger partial charge in [0.1, 0.15) is 5.76 Å². The van der Waals surface area contributed by atoms with Crippen LogP contribution in [0.4, 0.5) is 0 Å². The van der Waals surface area contributed by atoms with E-state index < -0.39 is 11.8 Å². The molecule has 0 aliphatic heterocycles. The van der Waals surface area contributed by atoms with Crippen molar-refractivity contribution in [3.05, 3.63) is 36.3 Å². The Morgan fingerprint density at radius 3 is 2.76 bits per heavy atom. The van der Waals surface area contributed by atoms with Crippen LogP contribution < -0.4 is 16.2 Å². The lowest BCUT2D eigenvalue weighted by atomic mass is 10.1. The third kappa shape index (κ3) is 4.79. The molecule has 0 radical (unpaired) electrons. The van der Waals surface area contributed by atoms with E-state index in [1.54, 1.807) is 12.1 Å². The second-order valence-electron chi connectivity index (χ2n) is 4.73. The van der Waals surface area contributed by atoms with Gasteiger partial charge in [-0.25, -0.2) is 0 Å². The molecule has 7 heteroatoms. The van der Waals surface area contributed by atoms with E-state index in [0.717, 1.165) is 12.8 Å². The molecular formula is C14H17N3O4. The van der Waals surface area contributed by atoms with Crippen LogP contribution in [0.15, 0.2) is 35.0 Å². The number of allylic oxidation sites excluding steroid dienone is 2. The molecule has 3 amide bonds. The molecule has 0 spiro atoms. The van der Waals surface area contributed by atoms with Crippen molar-refractivity contribution in [2.24, 2.45) is 5.92 Å². The Morgan fingerprint density at radius 1 is 1.24 bits per heavy atom. The molecule has 1 heterocycles. The normalized spacial score (nSPS) is 16.5. The van der Waals surface area contributed by atoms with Gasteiger partial charge >= 0.3 is 11.8 Å². The first-order valence-corrected chi connectivity index (χ1v) is 6.71. The smallest absolute Gasteiger partial charge is 0.327 e. The maximum absolute atomic E-state index is 11.6. The van der Waals surface area contributed by atoms with E-state index in [0.29, 0.717) is 12.2 Å². The Balaban J connectivity index is 1.64. The molecule has 0 saturated carbocycles. The van der Waals surface area contributed by atoms with Crippen LogP contribution in [0.5, 0.6) is 0 Å². The molecule has 0 fully saturated rings. The van der Waals surface area contributed by atoms with Gasteiger partial charge in [0.05, 0.1) is 12.8 Å². The third-order valence-corrected chi connectivity index (χ3v) is 3.08. The highest BCUT2D eigenvalue weighted by Crippen LogP contribution is 2.19. The fraction of sp³-hybridized carbons (Fsp3) is 0.357. The van der Waals surface area contributed by atoms with Crippen molar-refractivity contribution in [2.45, 2.75) is 25.8 Å². The quantitative estimate of drug-likeness (QED) is 0.424. The van der Waals surface area contributed by atoms with Crippen LogP contribution in [0.1, 0.15) is 25.0 Å². The lowest BCUT2D eigenvalue weighted by Crippen LogP contribution is -2.48. The summed E-state index contributed by atoms with van der Waals surface area (Å²) in [5, 5.41) is 2.37. The minimum atomic E-state index is -0.920. The van der Waals surface area contributed by atoms with Gasteiger partial charge in [0.15, 0.2) is 0 Å². The maximum atomic E-state index is 11.6. The number of rotatable bonds is 4. The average molecular weight is 291 g/mol. The van der Waals surface area contributed by atoms with Gasteiger partial charge < -0.3 is 9.73 Å². The van der Waals surface area contributed by atoms with Gasteiger partial charge in [-0.1, -0.05) is 12.2 Å². The predicted octanol–water partition coefficient (Wildman–Crippen LogP) is 0.400. The Kier molecular flexibility index (Phi) is 5.14. The van der Waals surface area contributed by atoms with Gasteiger partial charge in [0.25, 0.3) is 0 Å². The van der Waals surface area contributed by atoms with Crippen LogP contribution >= 0.6 is 0 Å². The largest absolute Gasteiger partial charge is 0.467 e. The van der Waals surface area contributed by atoms with E-state index in [-0.39, 0.29) is 18.4 Å². The van der Waals surface area contributed by atoms with Crippen LogP contribution in [0.25, 0.3) is 0 Å². The van der Waals surface area contributed by atoms with Crippen molar-refractivity contribution in [1.29, 1.82) is 0 Å². The molecular weight excluding hydrogens is 274 g/mol. The first kappa shape index (κ1) is 14.8. The number of furan rings is 1. The van der Waals surface area contributed by atoms with E-state index in [1.165, 1.54) is 6.26 Å². The number of hydrogen-bond donors (Lipinski definition) is 3. The van der Waals surface area contributed by atoms with Crippen LogP contribution in [-0.2, 0) is 20.9 Å². The molecule has 1 aromatic heterocycles. The Morgan fingerprint density at radius 2 is 2.10 bits per heavy atom. The maximum Gasteiger partial charge on any atom is 0.327 e. The predicted molar refractivity (Wildman–Crippen MR) is 73.3 cm³/mol. The molecule has 21 heavy (non-hydrogen) atoms. The summed E-state index contributed by atoms with van der Waals surface area (Å²) in [6.45, 7) is 0.111. The standard InChI is InChI=1S/C14H17N3O4/c18-12(8-10-4-1-2-5-10)16-17-14(20)13(19)15-9-11-6-3-7-21-11/h1,3-4,6-7,10H,2,5,8-9H2,(H,15,19)(H,16,18)(H,17,20)/t10-/m0/s1. The van der Waals surface area contributed by atoms with E-state index in [2.05, 4.69) is 16.2 Å². The van der Waals surface area contributed by atoms with E-state index in [9.17, 15) is 14.4 Å². The van der Waals surface area contributed by atoms with Gasteiger partial charge in [-0.05, 0) is 30.9 Å². The molecule has 1 aromatic rings. The number of nitrogens with one attached hydrogen (secondary N) is 3. The topological polar surface area (TPSA) is 100 Å².